The molecule has 15 heavy (non-hydrogen) atoms. The number of hydrogen-bond acceptors (Lipinski definition) is 4. The van der Waals surface area contributed by atoms with Crippen molar-refractivity contribution in [3.05, 3.63) is 0 Å². The molecule has 5 rings (SSSR count). The van der Waals surface area contributed by atoms with Gasteiger partial charge in [0.1, 0.15) is 6.10 Å². The quantitative estimate of drug-likeness (QED) is 0.599. The van der Waals surface area contributed by atoms with E-state index in [0.29, 0.717) is 30.3 Å². The maximum absolute atomic E-state index is 10.1. The Bertz CT molecular complexity index is 333. The first kappa shape index (κ1) is 8.01. The van der Waals surface area contributed by atoms with Gasteiger partial charge in [0.25, 0.3) is 0 Å². The Morgan fingerprint density at radius 2 is 1.93 bits per heavy atom. The third kappa shape index (κ3) is 0.695. The molecule has 0 aromatic heterocycles. The van der Waals surface area contributed by atoms with Gasteiger partial charge in [0.15, 0.2) is 6.29 Å². The molecule has 0 spiro atoms. The van der Waals surface area contributed by atoms with Gasteiger partial charge in [-0.15, -0.1) is 0 Å². The van der Waals surface area contributed by atoms with Crippen LogP contribution in [0.2, 0.25) is 0 Å². The smallest absolute Gasteiger partial charge is 0.161 e. The first-order valence-corrected chi connectivity index (χ1v) is 5.95. The zero-order valence-electron chi connectivity index (χ0n) is 8.28. The topological polar surface area (TPSA) is 47.9 Å². The predicted molar refractivity (Wildman–Crippen MR) is 47.9 cm³/mol. The van der Waals surface area contributed by atoms with Gasteiger partial charge >= 0.3 is 0 Å². The second kappa shape index (κ2) is 2.25. The van der Waals surface area contributed by atoms with E-state index in [0.717, 1.165) is 6.42 Å². The maximum Gasteiger partial charge on any atom is 0.161 e. The Balaban J connectivity index is 1.69. The molecule has 2 saturated carbocycles. The fourth-order valence-corrected chi connectivity index (χ4v) is 4.87. The SMILES string of the molecule is O[C@H]1[C@@H]2C[C@@H]3[C@H]1O[C@@H]1[C@@H]3[C@@H]2[C@@H]2OC[C@H]1O2. The number of fused-ring (bicyclic) bond motifs is 6. The van der Waals surface area contributed by atoms with Crippen molar-refractivity contribution >= 4 is 0 Å². The summed E-state index contributed by atoms with van der Waals surface area (Å²) in [5.74, 6) is 1.94. The lowest BCUT2D eigenvalue weighted by Crippen LogP contribution is -2.47. The molecule has 3 saturated heterocycles. The van der Waals surface area contributed by atoms with Crippen LogP contribution in [0.5, 0.6) is 0 Å². The number of aliphatic hydroxyl groups excluding tert-OH is 1. The fraction of sp³-hybridized carbons (Fsp3) is 1.00. The zero-order chi connectivity index (χ0) is 9.73. The second-order valence-electron chi connectivity index (χ2n) is 5.65. The van der Waals surface area contributed by atoms with Gasteiger partial charge in [-0.3, -0.25) is 0 Å². The van der Waals surface area contributed by atoms with Crippen molar-refractivity contribution in [2.75, 3.05) is 6.61 Å². The van der Waals surface area contributed by atoms with Crippen molar-refractivity contribution in [3.8, 4) is 0 Å². The van der Waals surface area contributed by atoms with Crippen molar-refractivity contribution in [1.29, 1.82) is 0 Å². The molecule has 0 amide bonds. The van der Waals surface area contributed by atoms with Crippen LogP contribution in [0.25, 0.3) is 0 Å². The Morgan fingerprint density at radius 1 is 1.00 bits per heavy atom. The minimum absolute atomic E-state index is 0.0523. The third-order valence-electron chi connectivity index (χ3n) is 5.28. The number of hydrogen-bond donors (Lipinski definition) is 1. The van der Waals surface area contributed by atoms with Gasteiger partial charge in [0.2, 0.25) is 0 Å². The highest BCUT2D eigenvalue weighted by atomic mass is 16.7. The highest BCUT2D eigenvalue weighted by molar-refractivity contribution is 5.16. The van der Waals surface area contributed by atoms with E-state index in [-0.39, 0.29) is 30.7 Å². The van der Waals surface area contributed by atoms with Crippen molar-refractivity contribution in [1.82, 2.24) is 0 Å². The highest BCUT2D eigenvalue weighted by Crippen LogP contribution is 2.64. The normalized spacial score (nSPS) is 73.0. The third-order valence-corrected chi connectivity index (χ3v) is 5.28. The standard InChI is InChI=1S/C11H14O4/c12-8-3-1-4-6-7(3)11-13-2-5(14-11)10(6)15-9(4)8/h3-12H,1-2H2/t3-,4+,5-,6+,7-,8+,9-,10+,11-/m1/s1. The molecule has 5 fully saturated rings. The van der Waals surface area contributed by atoms with Crippen LogP contribution >= 0.6 is 0 Å². The van der Waals surface area contributed by atoms with Crippen LogP contribution in [0.3, 0.4) is 0 Å². The van der Waals surface area contributed by atoms with E-state index in [1.54, 1.807) is 0 Å². The first-order valence-electron chi connectivity index (χ1n) is 5.95. The van der Waals surface area contributed by atoms with Crippen molar-refractivity contribution in [2.24, 2.45) is 23.7 Å². The lowest BCUT2D eigenvalue weighted by molar-refractivity contribution is -0.172. The van der Waals surface area contributed by atoms with Gasteiger partial charge in [0.05, 0.1) is 24.9 Å². The van der Waals surface area contributed by atoms with Gasteiger partial charge in [0, 0.05) is 11.8 Å². The molecule has 82 valence electrons. The summed E-state index contributed by atoms with van der Waals surface area (Å²) in [4.78, 5) is 0. The van der Waals surface area contributed by atoms with Gasteiger partial charge in [-0.05, 0) is 18.3 Å². The van der Waals surface area contributed by atoms with Crippen LogP contribution in [-0.4, -0.2) is 42.4 Å². The Labute approximate surface area is 87.5 Å². The highest BCUT2D eigenvalue weighted by Gasteiger charge is 2.71. The van der Waals surface area contributed by atoms with Crippen LogP contribution in [0.1, 0.15) is 6.42 Å². The zero-order valence-corrected chi connectivity index (χ0v) is 8.28. The molecule has 0 aromatic carbocycles. The molecule has 0 aromatic rings. The van der Waals surface area contributed by atoms with Crippen molar-refractivity contribution in [3.63, 3.8) is 0 Å². The fourth-order valence-electron chi connectivity index (χ4n) is 4.87. The summed E-state index contributed by atoms with van der Waals surface area (Å²) in [7, 11) is 0. The van der Waals surface area contributed by atoms with E-state index in [2.05, 4.69) is 0 Å². The largest absolute Gasteiger partial charge is 0.390 e. The van der Waals surface area contributed by atoms with E-state index >= 15 is 0 Å². The van der Waals surface area contributed by atoms with Gasteiger partial charge in [-0.1, -0.05) is 0 Å². The molecule has 5 aliphatic rings. The minimum Gasteiger partial charge on any atom is -0.390 e. The molecular formula is C11H14O4. The average Bonchev–Trinajstić information content (AvgIpc) is 2.89. The molecule has 9 atom stereocenters. The molecule has 4 bridgehead atoms. The summed E-state index contributed by atoms with van der Waals surface area (Å²) in [5, 5.41) is 10.1. The summed E-state index contributed by atoms with van der Waals surface area (Å²) in [6.45, 7) is 0.685. The first-order chi connectivity index (χ1) is 7.34. The lowest BCUT2D eigenvalue weighted by Gasteiger charge is -2.37. The number of ether oxygens (including phenoxy) is 3. The van der Waals surface area contributed by atoms with Crippen molar-refractivity contribution in [2.45, 2.75) is 37.1 Å². The molecule has 0 radical (unpaired) electrons. The lowest BCUT2D eigenvalue weighted by atomic mass is 9.74. The maximum atomic E-state index is 10.1. The van der Waals surface area contributed by atoms with Crippen LogP contribution in [0, 0.1) is 23.7 Å². The van der Waals surface area contributed by atoms with E-state index in [1.807, 2.05) is 0 Å². The summed E-state index contributed by atoms with van der Waals surface area (Å²) >= 11 is 0. The molecule has 3 heterocycles. The average molecular weight is 210 g/mol. The second-order valence-corrected chi connectivity index (χ2v) is 5.65. The monoisotopic (exact) mass is 210 g/mol. The summed E-state index contributed by atoms with van der Waals surface area (Å²) < 4.78 is 17.5. The van der Waals surface area contributed by atoms with Gasteiger partial charge in [-0.25, -0.2) is 0 Å². The molecular weight excluding hydrogens is 196 g/mol. The summed E-state index contributed by atoms with van der Waals surface area (Å²) in [6.07, 6.45) is 1.23. The van der Waals surface area contributed by atoms with Crippen molar-refractivity contribution < 1.29 is 19.3 Å². The van der Waals surface area contributed by atoms with Crippen LogP contribution in [0.15, 0.2) is 0 Å². The molecule has 0 unspecified atom stereocenters. The van der Waals surface area contributed by atoms with E-state index in [4.69, 9.17) is 14.2 Å². The number of rotatable bonds is 0. The van der Waals surface area contributed by atoms with E-state index in [1.165, 1.54) is 0 Å². The molecule has 3 aliphatic heterocycles. The summed E-state index contributed by atoms with van der Waals surface area (Å²) in [6, 6.07) is 0. The molecule has 2 aliphatic carbocycles. The summed E-state index contributed by atoms with van der Waals surface area (Å²) in [5.41, 5.74) is 0. The number of aliphatic hydroxyl groups is 1. The Hall–Kier alpha value is -0.160. The van der Waals surface area contributed by atoms with Crippen LogP contribution in [0.4, 0.5) is 0 Å². The molecule has 4 heteroatoms. The van der Waals surface area contributed by atoms with Crippen LogP contribution < -0.4 is 0 Å². The molecule has 1 N–H and O–H groups in total. The van der Waals surface area contributed by atoms with Gasteiger partial charge < -0.3 is 19.3 Å². The Kier molecular flexibility index (Phi) is 1.20. The predicted octanol–water partition coefficient (Wildman–Crippen LogP) is -0.248. The minimum atomic E-state index is -0.271. The van der Waals surface area contributed by atoms with E-state index < -0.39 is 0 Å². The Morgan fingerprint density at radius 3 is 2.87 bits per heavy atom. The van der Waals surface area contributed by atoms with Gasteiger partial charge in [-0.2, -0.15) is 0 Å². The molecule has 4 nitrogen and oxygen atoms in total. The van der Waals surface area contributed by atoms with Crippen LogP contribution in [-0.2, 0) is 14.2 Å². The van der Waals surface area contributed by atoms with E-state index in [9.17, 15) is 5.11 Å².